The van der Waals surface area contributed by atoms with E-state index in [1.54, 1.807) is 0 Å². The summed E-state index contributed by atoms with van der Waals surface area (Å²) in [7, 11) is -3.70. The molecule has 0 saturated carbocycles. The van der Waals surface area contributed by atoms with Gasteiger partial charge in [0.2, 0.25) is 10.0 Å². The van der Waals surface area contributed by atoms with Crippen molar-refractivity contribution in [1.82, 2.24) is 4.72 Å². The van der Waals surface area contributed by atoms with E-state index in [1.165, 1.54) is 0 Å². The maximum absolute atomic E-state index is 12.8. The fourth-order valence-electron chi connectivity index (χ4n) is 1.40. The fraction of sp³-hybridized carbons (Fsp3) is 0.500. The molecule has 0 heterocycles. The number of ether oxygens (including phenoxy) is 1. The van der Waals surface area contributed by atoms with E-state index >= 15 is 0 Å². The second kappa shape index (κ2) is 7.79. The maximum Gasteiger partial charge on any atom is 0.242 e. The summed E-state index contributed by atoms with van der Waals surface area (Å²) in [5.41, 5.74) is 0. The minimum absolute atomic E-state index is 0.120. The van der Waals surface area contributed by atoms with Gasteiger partial charge in [0.15, 0.2) is 0 Å². The van der Waals surface area contributed by atoms with Crippen LogP contribution in [0.4, 0.5) is 4.39 Å². The van der Waals surface area contributed by atoms with E-state index in [9.17, 15) is 12.8 Å². The molecule has 1 aromatic rings. The van der Waals surface area contributed by atoms with Crippen LogP contribution < -0.4 is 4.72 Å². The lowest BCUT2D eigenvalue weighted by atomic mass is 10.3. The molecule has 1 N–H and O–H groups in total. The van der Waals surface area contributed by atoms with Gasteiger partial charge in [-0.15, -0.1) is 0 Å². The van der Waals surface area contributed by atoms with Gasteiger partial charge in [-0.3, -0.25) is 0 Å². The Hall–Kier alpha value is -0.690. The highest BCUT2D eigenvalue weighted by molar-refractivity contribution is 7.89. The van der Waals surface area contributed by atoms with Crippen LogP contribution in [-0.2, 0) is 14.8 Å². The summed E-state index contributed by atoms with van der Waals surface area (Å²) in [6.07, 6.45) is 1.49. The van der Waals surface area contributed by atoms with Crippen LogP contribution in [0.1, 0.15) is 19.8 Å². The molecule has 19 heavy (non-hydrogen) atoms. The molecule has 0 aromatic heterocycles. The normalized spacial score (nSPS) is 11.7. The summed E-state index contributed by atoms with van der Waals surface area (Å²) in [5.74, 6) is -0.572. The molecule has 1 aromatic carbocycles. The van der Waals surface area contributed by atoms with Gasteiger partial charge in [-0.1, -0.05) is 18.5 Å². The van der Waals surface area contributed by atoms with Crippen molar-refractivity contribution in [1.29, 1.82) is 0 Å². The predicted molar refractivity (Wildman–Crippen MR) is 72.3 cm³/mol. The van der Waals surface area contributed by atoms with Crippen LogP contribution >= 0.6 is 11.6 Å². The smallest absolute Gasteiger partial charge is 0.242 e. The number of hydrogen-bond acceptors (Lipinski definition) is 3. The summed E-state index contributed by atoms with van der Waals surface area (Å²) in [6.45, 7) is 3.41. The zero-order valence-corrected chi connectivity index (χ0v) is 12.2. The third kappa shape index (κ3) is 5.44. The molecule has 0 atom stereocenters. The highest BCUT2D eigenvalue weighted by Gasteiger charge is 2.17. The number of hydrogen-bond donors (Lipinski definition) is 1. The Labute approximate surface area is 118 Å². The molecular formula is C12H17ClFNO3S. The highest BCUT2D eigenvalue weighted by atomic mass is 35.5. The van der Waals surface area contributed by atoms with E-state index in [4.69, 9.17) is 16.3 Å². The third-order valence-corrected chi connectivity index (χ3v) is 4.23. The molecule has 0 aliphatic rings. The molecule has 108 valence electrons. The van der Waals surface area contributed by atoms with Crippen molar-refractivity contribution < 1.29 is 17.5 Å². The standard InChI is InChI=1S/C12H17ClFNO3S/c1-2-7-18-8-3-6-15-19(16,17)12-5-4-10(14)9-11(12)13/h4-5,9,15H,2-3,6-8H2,1H3. The van der Waals surface area contributed by atoms with Crippen molar-refractivity contribution in [2.75, 3.05) is 19.8 Å². The summed E-state index contributed by atoms with van der Waals surface area (Å²) >= 11 is 5.71. The second-order valence-electron chi connectivity index (χ2n) is 3.94. The largest absolute Gasteiger partial charge is 0.381 e. The van der Waals surface area contributed by atoms with Gasteiger partial charge >= 0.3 is 0 Å². The summed E-state index contributed by atoms with van der Waals surface area (Å²) in [6, 6.07) is 3.18. The van der Waals surface area contributed by atoms with Gasteiger partial charge in [-0.05, 0) is 31.0 Å². The molecule has 0 amide bonds. The van der Waals surface area contributed by atoms with Crippen molar-refractivity contribution in [3.05, 3.63) is 29.0 Å². The average Bonchev–Trinajstić information content (AvgIpc) is 2.33. The zero-order chi connectivity index (χ0) is 14.3. The van der Waals surface area contributed by atoms with E-state index in [-0.39, 0.29) is 16.5 Å². The lowest BCUT2D eigenvalue weighted by Crippen LogP contribution is -2.26. The molecule has 0 spiro atoms. The summed E-state index contributed by atoms with van der Waals surface area (Å²) < 4.78 is 44.3. The topological polar surface area (TPSA) is 55.4 Å². The van der Waals surface area contributed by atoms with Gasteiger partial charge in [0.25, 0.3) is 0 Å². The molecule has 7 heteroatoms. The van der Waals surface area contributed by atoms with Crippen LogP contribution in [-0.4, -0.2) is 28.2 Å². The number of nitrogens with one attached hydrogen (secondary N) is 1. The van der Waals surface area contributed by atoms with Gasteiger partial charge in [0, 0.05) is 19.8 Å². The molecule has 4 nitrogen and oxygen atoms in total. The van der Waals surface area contributed by atoms with Crippen LogP contribution in [0.3, 0.4) is 0 Å². The minimum Gasteiger partial charge on any atom is -0.381 e. The zero-order valence-electron chi connectivity index (χ0n) is 10.7. The van der Waals surface area contributed by atoms with Crippen LogP contribution in [0, 0.1) is 5.82 Å². The van der Waals surface area contributed by atoms with E-state index in [0.717, 1.165) is 24.6 Å². The molecule has 1 rings (SSSR count). The quantitative estimate of drug-likeness (QED) is 0.751. The summed E-state index contributed by atoms with van der Waals surface area (Å²) in [5, 5.41) is -0.130. The Morgan fingerprint density at radius 1 is 1.37 bits per heavy atom. The number of rotatable bonds is 8. The highest BCUT2D eigenvalue weighted by Crippen LogP contribution is 2.21. The fourth-order valence-corrected chi connectivity index (χ4v) is 3.00. The molecule has 0 radical (unpaired) electrons. The molecule has 0 bridgehead atoms. The monoisotopic (exact) mass is 309 g/mol. The minimum atomic E-state index is -3.70. The predicted octanol–water partition coefficient (Wildman–Crippen LogP) is 2.57. The maximum atomic E-state index is 12.8. The first-order valence-electron chi connectivity index (χ1n) is 6.00. The Balaban J connectivity index is 2.52. The second-order valence-corrected chi connectivity index (χ2v) is 6.08. The van der Waals surface area contributed by atoms with E-state index in [2.05, 4.69) is 4.72 Å². The molecule has 0 aliphatic carbocycles. The van der Waals surface area contributed by atoms with Crippen LogP contribution in [0.15, 0.2) is 23.1 Å². The van der Waals surface area contributed by atoms with E-state index in [1.807, 2.05) is 6.92 Å². The van der Waals surface area contributed by atoms with E-state index < -0.39 is 15.8 Å². The van der Waals surface area contributed by atoms with E-state index in [0.29, 0.717) is 19.6 Å². The van der Waals surface area contributed by atoms with Crippen molar-refractivity contribution in [3.63, 3.8) is 0 Å². The first kappa shape index (κ1) is 16.4. The average molecular weight is 310 g/mol. The van der Waals surface area contributed by atoms with Crippen molar-refractivity contribution >= 4 is 21.6 Å². The number of benzene rings is 1. The Bertz CT molecular complexity index is 508. The molecular weight excluding hydrogens is 293 g/mol. The lowest BCUT2D eigenvalue weighted by Gasteiger charge is -2.08. The SMILES string of the molecule is CCCOCCCNS(=O)(=O)c1ccc(F)cc1Cl. The Morgan fingerprint density at radius 3 is 2.74 bits per heavy atom. The number of halogens is 2. The van der Waals surface area contributed by atoms with Gasteiger partial charge in [-0.25, -0.2) is 17.5 Å². The summed E-state index contributed by atoms with van der Waals surface area (Å²) in [4.78, 5) is -0.120. The van der Waals surface area contributed by atoms with Gasteiger partial charge in [-0.2, -0.15) is 0 Å². The Kier molecular flexibility index (Phi) is 6.71. The van der Waals surface area contributed by atoms with Crippen LogP contribution in [0.2, 0.25) is 5.02 Å². The molecule has 0 saturated heterocycles. The first-order chi connectivity index (χ1) is 8.97. The molecule has 0 unspecified atom stereocenters. The van der Waals surface area contributed by atoms with Crippen LogP contribution in [0.25, 0.3) is 0 Å². The number of sulfonamides is 1. The third-order valence-electron chi connectivity index (χ3n) is 2.29. The molecule has 0 fully saturated rings. The van der Waals surface area contributed by atoms with Crippen molar-refractivity contribution in [3.8, 4) is 0 Å². The van der Waals surface area contributed by atoms with Gasteiger partial charge in [0.05, 0.1) is 5.02 Å². The molecule has 0 aliphatic heterocycles. The van der Waals surface area contributed by atoms with Crippen LogP contribution in [0.5, 0.6) is 0 Å². The first-order valence-corrected chi connectivity index (χ1v) is 7.86. The van der Waals surface area contributed by atoms with Crippen molar-refractivity contribution in [2.45, 2.75) is 24.7 Å². The van der Waals surface area contributed by atoms with Gasteiger partial charge < -0.3 is 4.74 Å². The van der Waals surface area contributed by atoms with Gasteiger partial charge in [0.1, 0.15) is 10.7 Å². The van der Waals surface area contributed by atoms with Crippen molar-refractivity contribution in [2.24, 2.45) is 0 Å². The Morgan fingerprint density at radius 2 is 2.11 bits per heavy atom. The lowest BCUT2D eigenvalue weighted by molar-refractivity contribution is 0.133.